The number of hydrogen-bond acceptors (Lipinski definition) is 4. The average molecular weight is 274 g/mol. The Hall–Kier alpha value is -1.59. The molecule has 108 valence electrons. The molecule has 0 radical (unpaired) electrons. The topological polar surface area (TPSA) is 44.0 Å². The predicted molar refractivity (Wildman–Crippen MR) is 80.0 cm³/mol. The summed E-state index contributed by atoms with van der Waals surface area (Å²) in [5.74, 6) is 1.52. The third-order valence-electron chi connectivity index (χ3n) is 4.29. The van der Waals surface area contributed by atoms with Crippen LogP contribution in [0.3, 0.4) is 0 Å². The van der Waals surface area contributed by atoms with E-state index in [1.807, 2.05) is 28.8 Å². The van der Waals surface area contributed by atoms with Crippen molar-refractivity contribution in [3.63, 3.8) is 0 Å². The maximum absolute atomic E-state index is 9.71. The van der Waals surface area contributed by atoms with Crippen molar-refractivity contribution in [2.24, 2.45) is 5.92 Å². The van der Waals surface area contributed by atoms with Crippen molar-refractivity contribution in [2.75, 3.05) is 32.1 Å². The van der Waals surface area contributed by atoms with Crippen molar-refractivity contribution in [1.29, 1.82) is 0 Å². The number of pyridine rings is 1. The van der Waals surface area contributed by atoms with Crippen molar-refractivity contribution >= 4 is 11.5 Å². The van der Waals surface area contributed by atoms with Crippen LogP contribution in [-0.2, 0) is 6.61 Å². The second kappa shape index (κ2) is 5.07. The van der Waals surface area contributed by atoms with Gasteiger partial charge >= 0.3 is 0 Å². The van der Waals surface area contributed by atoms with E-state index in [4.69, 9.17) is 4.98 Å². The molecule has 0 saturated carbocycles. The number of rotatable bonds is 3. The lowest BCUT2D eigenvalue weighted by Crippen LogP contribution is -2.34. The zero-order valence-electron chi connectivity index (χ0n) is 12.3. The molecule has 5 heteroatoms. The molecule has 1 fully saturated rings. The highest BCUT2D eigenvalue weighted by Gasteiger charge is 2.33. The van der Waals surface area contributed by atoms with Crippen LogP contribution in [0.1, 0.15) is 12.6 Å². The lowest BCUT2D eigenvalue weighted by atomic mass is 10.1. The summed E-state index contributed by atoms with van der Waals surface area (Å²) in [5, 5.41) is 9.71. The minimum absolute atomic E-state index is 0.0119. The Morgan fingerprint density at radius 3 is 2.80 bits per heavy atom. The van der Waals surface area contributed by atoms with Gasteiger partial charge in [-0.25, -0.2) is 4.98 Å². The Kier molecular flexibility index (Phi) is 3.40. The van der Waals surface area contributed by atoms with E-state index in [1.54, 1.807) is 0 Å². The number of imidazole rings is 1. The molecule has 0 aromatic carbocycles. The minimum atomic E-state index is 0.0119. The number of fused-ring (bicyclic) bond motifs is 1. The van der Waals surface area contributed by atoms with Crippen molar-refractivity contribution in [3.05, 3.63) is 30.1 Å². The van der Waals surface area contributed by atoms with Gasteiger partial charge in [0.1, 0.15) is 5.65 Å². The maximum atomic E-state index is 9.71. The molecule has 1 N–H and O–H groups in total. The molecule has 0 amide bonds. The van der Waals surface area contributed by atoms with Crippen LogP contribution in [0.4, 0.5) is 5.82 Å². The summed E-state index contributed by atoms with van der Waals surface area (Å²) in [6, 6.07) is 6.45. The first-order valence-corrected chi connectivity index (χ1v) is 7.10. The molecule has 3 rings (SSSR count). The fraction of sp³-hybridized carbons (Fsp3) is 0.533. The zero-order chi connectivity index (χ0) is 14.3. The first kappa shape index (κ1) is 13.4. The number of aliphatic hydroxyl groups is 1. The summed E-state index contributed by atoms with van der Waals surface area (Å²) in [6.45, 7) is 4.24. The van der Waals surface area contributed by atoms with E-state index in [0.717, 1.165) is 30.2 Å². The van der Waals surface area contributed by atoms with E-state index in [-0.39, 0.29) is 6.61 Å². The summed E-state index contributed by atoms with van der Waals surface area (Å²) in [5.41, 5.74) is 1.78. The lowest BCUT2D eigenvalue weighted by Gasteiger charge is -2.22. The number of anilines is 1. The number of hydrogen-bond donors (Lipinski definition) is 1. The predicted octanol–water partition coefficient (Wildman–Crippen LogP) is 1.21. The molecule has 2 atom stereocenters. The minimum Gasteiger partial charge on any atom is -0.390 e. The molecule has 2 aromatic heterocycles. The SMILES string of the molecule is CC1CN(c2nc3ccccn3c2CO)CC1N(C)C. The Morgan fingerprint density at radius 1 is 1.35 bits per heavy atom. The van der Waals surface area contributed by atoms with Gasteiger partial charge in [0.15, 0.2) is 5.82 Å². The third kappa shape index (κ3) is 2.07. The second-order valence-electron chi connectivity index (χ2n) is 5.88. The molecule has 1 saturated heterocycles. The van der Waals surface area contributed by atoms with Crippen LogP contribution in [0.15, 0.2) is 24.4 Å². The first-order valence-electron chi connectivity index (χ1n) is 7.10. The standard InChI is InChI=1S/C15H22N4O/c1-11-8-18(9-12(11)17(2)3)15-13(10-20)19-7-5-4-6-14(19)16-15/h4-7,11-12,20H,8-10H2,1-3H3. The first-order chi connectivity index (χ1) is 9.61. The Morgan fingerprint density at radius 2 is 2.15 bits per heavy atom. The fourth-order valence-corrected chi connectivity index (χ4v) is 3.23. The molecule has 2 unspecified atom stereocenters. The maximum Gasteiger partial charge on any atom is 0.153 e. The number of nitrogens with zero attached hydrogens (tertiary/aromatic N) is 4. The molecule has 0 aliphatic carbocycles. The Bertz CT molecular complexity index is 607. The van der Waals surface area contributed by atoms with Gasteiger partial charge in [0, 0.05) is 25.3 Å². The summed E-state index contributed by atoms with van der Waals surface area (Å²) in [7, 11) is 4.25. The Balaban J connectivity index is 1.99. The van der Waals surface area contributed by atoms with E-state index in [2.05, 4.69) is 30.8 Å². The van der Waals surface area contributed by atoms with Gasteiger partial charge < -0.3 is 14.9 Å². The molecule has 2 aromatic rings. The van der Waals surface area contributed by atoms with Crippen LogP contribution in [0.25, 0.3) is 5.65 Å². The van der Waals surface area contributed by atoms with Crippen LogP contribution < -0.4 is 4.90 Å². The molecule has 1 aliphatic heterocycles. The molecular weight excluding hydrogens is 252 g/mol. The molecule has 0 spiro atoms. The van der Waals surface area contributed by atoms with Gasteiger partial charge in [-0.2, -0.15) is 0 Å². The van der Waals surface area contributed by atoms with Gasteiger partial charge in [0.25, 0.3) is 0 Å². The van der Waals surface area contributed by atoms with Gasteiger partial charge in [-0.3, -0.25) is 4.40 Å². The van der Waals surface area contributed by atoms with Crippen molar-refractivity contribution < 1.29 is 5.11 Å². The van der Waals surface area contributed by atoms with Crippen molar-refractivity contribution in [1.82, 2.24) is 14.3 Å². The van der Waals surface area contributed by atoms with Crippen LogP contribution in [0.2, 0.25) is 0 Å². The molecular formula is C15H22N4O. The Labute approximate surface area is 119 Å². The quantitative estimate of drug-likeness (QED) is 0.914. The normalized spacial score (nSPS) is 23.1. The van der Waals surface area contributed by atoms with Crippen molar-refractivity contribution in [3.8, 4) is 0 Å². The summed E-state index contributed by atoms with van der Waals surface area (Å²) >= 11 is 0. The zero-order valence-corrected chi connectivity index (χ0v) is 12.3. The lowest BCUT2D eigenvalue weighted by molar-refractivity contribution is 0.266. The van der Waals surface area contributed by atoms with Crippen LogP contribution in [0, 0.1) is 5.92 Å². The van der Waals surface area contributed by atoms with E-state index < -0.39 is 0 Å². The van der Waals surface area contributed by atoms with E-state index >= 15 is 0 Å². The van der Waals surface area contributed by atoms with Gasteiger partial charge in [0.05, 0.1) is 12.3 Å². The number of likely N-dealkylation sites (N-methyl/N-ethyl adjacent to an activating group) is 1. The number of aliphatic hydroxyl groups excluding tert-OH is 1. The summed E-state index contributed by atoms with van der Waals surface area (Å²) in [6.07, 6.45) is 1.96. The fourth-order valence-electron chi connectivity index (χ4n) is 3.23. The van der Waals surface area contributed by atoms with Gasteiger partial charge in [-0.1, -0.05) is 13.0 Å². The molecule has 1 aliphatic rings. The van der Waals surface area contributed by atoms with Crippen LogP contribution >= 0.6 is 0 Å². The smallest absolute Gasteiger partial charge is 0.153 e. The highest BCUT2D eigenvalue weighted by molar-refractivity contribution is 5.56. The summed E-state index contributed by atoms with van der Waals surface area (Å²) in [4.78, 5) is 9.28. The average Bonchev–Trinajstić information content (AvgIpc) is 2.98. The number of aromatic nitrogens is 2. The van der Waals surface area contributed by atoms with E-state index in [1.165, 1.54) is 0 Å². The van der Waals surface area contributed by atoms with E-state index in [0.29, 0.717) is 12.0 Å². The second-order valence-corrected chi connectivity index (χ2v) is 5.88. The molecule has 0 bridgehead atoms. The molecule has 5 nitrogen and oxygen atoms in total. The van der Waals surface area contributed by atoms with Crippen molar-refractivity contribution in [2.45, 2.75) is 19.6 Å². The van der Waals surface area contributed by atoms with E-state index in [9.17, 15) is 5.11 Å². The van der Waals surface area contributed by atoms with Gasteiger partial charge in [-0.15, -0.1) is 0 Å². The highest BCUT2D eigenvalue weighted by Crippen LogP contribution is 2.29. The molecule has 20 heavy (non-hydrogen) atoms. The highest BCUT2D eigenvalue weighted by atomic mass is 16.3. The molecule has 3 heterocycles. The monoisotopic (exact) mass is 274 g/mol. The summed E-state index contributed by atoms with van der Waals surface area (Å²) < 4.78 is 1.98. The van der Waals surface area contributed by atoms with Crippen LogP contribution in [-0.4, -0.2) is 52.6 Å². The third-order valence-corrected chi connectivity index (χ3v) is 4.29. The van der Waals surface area contributed by atoms with Crippen LogP contribution in [0.5, 0.6) is 0 Å². The largest absolute Gasteiger partial charge is 0.390 e. The van der Waals surface area contributed by atoms with Gasteiger partial charge in [-0.05, 0) is 32.1 Å². The van der Waals surface area contributed by atoms with Gasteiger partial charge in [0.2, 0.25) is 0 Å².